The summed E-state index contributed by atoms with van der Waals surface area (Å²) >= 11 is 6.73. The monoisotopic (exact) mass is 484 g/mol. The molecule has 0 radical (unpaired) electrons. The van der Waals surface area contributed by atoms with Gasteiger partial charge in [0, 0.05) is 21.8 Å². The van der Waals surface area contributed by atoms with Crippen molar-refractivity contribution in [3.8, 4) is 17.2 Å². The van der Waals surface area contributed by atoms with E-state index in [0.29, 0.717) is 15.9 Å². The van der Waals surface area contributed by atoms with E-state index in [1.807, 2.05) is 49.4 Å². The number of aryl methyl sites for hydroxylation is 1. The van der Waals surface area contributed by atoms with E-state index in [1.54, 1.807) is 18.3 Å². The summed E-state index contributed by atoms with van der Waals surface area (Å²) in [5.74, 6) is 0.740. The van der Waals surface area contributed by atoms with Gasteiger partial charge in [0.15, 0.2) is 5.58 Å². The van der Waals surface area contributed by atoms with Gasteiger partial charge >= 0.3 is 0 Å². The molecule has 0 aliphatic carbocycles. The van der Waals surface area contributed by atoms with Crippen LogP contribution in [-0.2, 0) is 0 Å². The van der Waals surface area contributed by atoms with Crippen molar-refractivity contribution in [3.63, 3.8) is 0 Å². The molecule has 6 heteroatoms. The number of phenolic OH excluding ortho intramolecular Hbond substituents is 1. The number of rotatable bonds is 3. The molecule has 0 aliphatic heterocycles. The highest BCUT2D eigenvalue weighted by Gasteiger charge is 2.10. The van der Waals surface area contributed by atoms with E-state index in [4.69, 9.17) is 4.42 Å². The largest absolute Gasteiger partial charge is 0.506 e. The maximum absolute atomic E-state index is 10.1. The first-order valence-corrected chi connectivity index (χ1v) is 9.78. The average molecular weight is 486 g/mol. The Morgan fingerprint density at radius 3 is 2.59 bits per heavy atom. The van der Waals surface area contributed by atoms with Crippen molar-refractivity contribution in [2.24, 2.45) is 4.99 Å². The summed E-state index contributed by atoms with van der Waals surface area (Å²) in [6.45, 7) is 2.02. The number of oxazole rings is 1. The molecular weight excluding hydrogens is 472 g/mol. The van der Waals surface area contributed by atoms with E-state index < -0.39 is 0 Å². The number of halogens is 2. The molecule has 4 aromatic rings. The first-order valence-electron chi connectivity index (χ1n) is 8.20. The van der Waals surface area contributed by atoms with E-state index >= 15 is 0 Å². The number of aliphatic imine (C=N–C) groups is 1. The molecule has 1 aromatic heterocycles. The zero-order chi connectivity index (χ0) is 19.0. The van der Waals surface area contributed by atoms with Gasteiger partial charge in [-0.25, -0.2) is 4.98 Å². The summed E-state index contributed by atoms with van der Waals surface area (Å²) in [6, 6.07) is 17.1. The van der Waals surface area contributed by atoms with Gasteiger partial charge in [0.05, 0.1) is 10.2 Å². The predicted octanol–water partition coefficient (Wildman–Crippen LogP) is 6.78. The summed E-state index contributed by atoms with van der Waals surface area (Å²) < 4.78 is 7.32. The van der Waals surface area contributed by atoms with Crippen LogP contribution in [0.4, 0.5) is 5.69 Å². The van der Waals surface area contributed by atoms with Gasteiger partial charge in [-0.1, -0.05) is 28.1 Å². The number of fused-ring (bicyclic) bond motifs is 1. The Kier molecular flexibility index (Phi) is 4.85. The molecule has 4 rings (SSSR count). The Bertz CT molecular complexity index is 1160. The van der Waals surface area contributed by atoms with Crippen molar-refractivity contribution >= 4 is 54.9 Å². The summed E-state index contributed by atoms with van der Waals surface area (Å²) in [5, 5.41) is 10.1. The number of para-hydroxylation sites is 1. The lowest BCUT2D eigenvalue weighted by molar-refractivity contribution is 0.471. The molecule has 3 aromatic carbocycles. The second-order valence-electron chi connectivity index (χ2n) is 6.07. The minimum atomic E-state index is 0.153. The highest BCUT2D eigenvalue weighted by Crippen LogP contribution is 2.31. The van der Waals surface area contributed by atoms with Gasteiger partial charge in [0.1, 0.15) is 11.3 Å². The average Bonchev–Trinajstić information content (AvgIpc) is 3.10. The molecule has 0 saturated heterocycles. The van der Waals surface area contributed by atoms with Crippen LogP contribution in [0, 0.1) is 6.92 Å². The summed E-state index contributed by atoms with van der Waals surface area (Å²) in [4.78, 5) is 9.02. The van der Waals surface area contributed by atoms with Crippen molar-refractivity contribution in [3.05, 3.63) is 74.7 Å². The molecular formula is C21H14Br2N2O2. The number of phenols is 1. The highest BCUT2D eigenvalue weighted by molar-refractivity contribution is 9.11. The van der Waals surface area contributed by atoms with Gasteiger partial charge in [0.25, 0.3) is 0 Å². The lowest BCUT2D eigenvalue weighted by atomic mass is 10.2. The maximum atomic E-state index is 10.1. The van der Waals surface area contributed by atoms with Gasteiger partial charge in [-0.2, -0.15) is 0 Å². The van der Waals surface area contributed by atoms with Crippen LogP contribution in [0.2, 0.25) is 0 Å². The van der Waals surface area contributed by atoms with Crippen LogP contribution >= 0.6 is 31.9 Å². The molecule has 1 heterocycles. The Morgan fingerprint density at radius 2 is 1.85 bits per heavy atom. The molecule has 1 N–H and O–H groups in total. The molecule has 0 unspecified atom stereocenters. The van der Waals surface area contributed by atoms with Crippen LogP contribution in [0.3, 0.4) is 0 Å². The summed E-state index contributed by atoms with van der Waals surface area (Å²) in [6.07, 6.45) is 1.63. The van der Waals surface area contributed by atoms with Gasteiger partial charge in [-0.15, -0.1) is 0 Å². The number of aromatic hydroxyl groups is 1. The van der Waals surface area contributed by atoms with Crippen molar-refractivity contribution in [2.45, 2.75) is 6.92 Å². The van der Waals surface area contributed by atoms with Crippen molar-refractivity contribution in [1.29, 1.82) is 0 Å². The zero-order valence-electron chi connectivity index (χ0n) is 14.3. The van der Waals surface area contributed by atoms with E-state index in [2.05, 4.69) is 41.8 Å². The van der Waals surface area contributed by atoms with E-state index in [9.17, 15) is 5.11 Å². The fourth-order valence-corrected chi connectivity index (χ4v) is 3.99. The molecule has 0 bridgehead atoms. The Hall–Kier alpha value is -2.44. The number of hydrogen-bond donors (Lipinski definition) is 1. The third-order valence-corrected chi connectivity index (χ3v) is 5.21. The highest BCUT2D eigenvalue weighted by atomic mass is 79.9. The van der Waals surface area contributed by atoms with Crippen LogP contribution < -0.4 is 0 Å². The molecule has 0 spiro atoms. The normalized spacial score (nSPS) is 11.5. The van der Waals surface area contributed by atoms with Crippen LogP contribution in [0.5, 0.6) is 5.75 Å². The third kappa shape index (κ3) is 3.68. The van der Waals surface area contributed by atoms with Crippen molar-refractivity contribution in [2.75, 3.05) is 0 Å². The molecule has 4 nitrogen and oxygen atoms in total. The Morgan fingerprint density at radius 1 is 1.07 bits per heavy atom. The fraction of sp³-hybridized carbons (Fsp3) is 0.0476. The Labute approximate surface area is 172 Å². The summed E-state index contributed by atoms with van der Waals surface area (Å²) in [5.41, 5.74) is 5.02. The second-order valence-corrected chi connectivity index (χ2v) is 7.84. The SMILES string of the molecule is Cc1cccc2oc(-c3ccc(N=Cc4cc(Br)cc(Br)c4O)cc3)nc12. The predicted molar refractivity (Wildman–Crippen MR) is 115 cm³/mol. The van der Waals surface area contributed by atoms with Gasteiger partial charge in [-0.3, -0.25) is 4.99 Å². The maximum Gasteiger partial charge on any atom is 0.227 e. The van der Waals surface area contributed by atoms with Gasteiger partial charge in [0.2, 0.25) is 5.89 Å². The van der Waals surface area contributed by atoms with E-state index in [-0.39, 0.29) is 5.75 Å². The van der Waals surface area contributed by atoms with E-state index in [0.717, 1.165) is 32.4 Å². The van der Waals surface area contributed by atoms with Crippen LogP contribution in [0.25, 0.3) is 22.6 Å². The smallest absolute Gasteiger partial charge is 0.227 e. The standard InChI is InChI=1S/C21H14Br2N2O2/c1-12-3-2-4-18-19(12)25-21(27-18)13-5-7-16(8-6-13)24-11-14-9-15(22)10-17(23)20(14)26/h2-11,26H,1H3. The van der Waals surface area contributed by atoms with Crippen molar-refractivity contribution in [1.82, 2.24) is 4.98 Å². The fourth-order valence-electron chi connectivity index (χ4n) is 2.73. The number of benzene rings is 3. The third-order valence-electron chi connectivity index (χ3n) is 4.15. The molecule has 0 aliphatic rings. The lowest BCUT2D eigenvalue weighted by Crippen LogP contribution is -1.84. The number of aromatic nitrogens is 1. The topological polar surface area (TPSA) is 58.6 Å². The van der Waals surface area contributed by atoms with Gasteiger partial charge in [-0.05, 0) is 70.9 Å². The van der Waals surface area contributed by atoms with Gasteiger partial charge < -0.3 is 9.52 Å². The number of hydrogen-bond acceptors (Lipinski definition) is 4. The molecule has 27 heavy (non-hydrogen) atoms. The minimum Gasteiger partial charge on any atom is -0.506 e. The lowest BCUT2D eigenvalue weighted by Gasteiger charge is -2.03. The number of nitrogens with zero attached hydrogens (tertiary/aromatic N) is 2. The zero-order valence-corrected chi connectivity index (χ0v) is 17.5. The first kappa shape index (κ1) is 17.9. The molecule has 0 saturated carbocycles. The molecule has 134 valence electrons. The minimum absolute atomic E-state index is 0.153. The quantitative estimate of drug-likeness (QED) is 0.325. The van der Waals surface area contributed by atoms with E-state index in [1.165, 1.54) is 0 Å². The van der Waals surface area contributed by atoms with Crippen LogP contribution in [0.15, 0.2) is 73.0 Å². The second kappa shape index (κ2) is 7.29. The molecule has 0 amide bonds. The van der Waals surface area contributed by atoms with Crippen molar-refractivity contribution < 1.29 is 9.52 Å². The summed E-state index contributed by atoms with van der Waals surface area (Å²) in [7, 11) is 0. The Balaban J connectivity index is 1.61. The van der Waals surface area contributed by atoms with Crippen LogP contribution in [-0.4, -0.2) is 16.3 Å². The first-order chi connectivity index (χ1) is 13.0. The molecule has 0 atom stereocenters. The van der Waals surface area contributed by atoms with Crippen LogP contribution in [0.1, 0.15) is 11.1 Å². The molecule has 0 fully saturated rings.